The highest BCUT2D eigenvalue weighted by Crippen LogP contribution is 2.27. The number of benzene rings is 1. The van der Waals surface area contributed by atoms with Gasteiger partial charge in [0.25, 0.3) is 0 Å². The molecule has 1 amide bonds. The summed E-state index contributed by atoms with van der Waals surface area (Å²) in [5.74, 6) is 2.04. The quantitative estimate of drug-likeness (QED) is 0.917. The van der Waals surface area contributed by atoms with Crippen molar-refractivity contribution in [3.05, 3.63) is 47.5 Å². The highest BCUT2D eigenvalue weighted by Gasteiger charge is 2.30. The van der Waals surface area contributed by atoms with Crippen molar-refractivity contribution in [2.24, 2.45) is 7.05 Å². The summed E-state index contributed by atoms with van der Waals surface area (Å²) in [6, 6.07) is 6.08. The van der Waals surface area contributed by atoms with E-state index in [1.165, 1.54) is 5.56 Å². The molecule has 6 nitrogen and oxygen atoms in total. The molecule has 0 spiro atoms. The molecule has 0 radical (unpaired) electrons. The van der Waals surface area contributed by atoms with Crippen LogP contribution in [0.4, 0.5) is 0 Å². The molecule has 1 fully saturated rings. The Morgan fingerprint density at radius 1 is 1.46 bits per heavy atom. The maximum atomic E-state index is 12.9. The normalized spacial score (nSPS) is 19.9. The number of carbonyl (C=O) groups is 1. The van der Waals surface area contributed by atoms with Crippen LogP contribution in [0.1, 0.15) is 23.0 Å². The van der Waals surface area contributed by atoms with Crippen LogP contribution in [0.5, 0.6) is 5.75 Å². The van der Waals surface area contributed by atoms with Crippen LogP contribution in [0.3, 0.4) is 0 Å². The zero-order valence-electron chi connectivity index (χ0n) is 13.9. The Bertz CT molecular complexity index is 755. The van der Waals surface area contributed by atoms with Gasteiger partial charge >= 0.3 is 0 Å². The van der Waals surface area contributed by atoms with E-state index in [2.05, 4.69) is 16.4 Å². The first kappa shape index (κ1) is 15.2. The summed E-state index contributed by atoms with van der Waals surface area (Å²) in [5, 5.41) is 3.37. The van der Waals surface area contributed by atoms with Crippen LogP contribution >= 0.6 is 0 Å². The minimum Gasteiger partial charge on any atom is -0.493 e. The van der Waals surface area contributed by atoms with E-state index in [4.69, 9.17) is 4.74 Å². The second kappa shape index (κ2) is 6.28. The maximum absolute atomic E-state index is 12.9. The summed E-state index contributed by atoms with van der Waals surface area (Å²) in [6.45, 7) is 3.02. The first-order chi connectivity index (χ1) is 11.7. The molecule has 2 aliphatic rings. The van der Waals surface area contributed by atoms with Gasteiger partial charge in [0.15, 0.2) is 0 Å². The number of amides is 1. The predicted molar refractivity (Wildman–Crippen MR) is 89.9 cm³/mol. The second-order valence-corrected chi connectivity index (χ2v) is 6.42. The SMILES string of the molecule is Cn1ccnc1C1CNCCN1C(=O)Cc1ccc2c(c1)CCO2. The molecule has 1 unspecified atom stereocenters. The zero-order valence-corrected chi connectivity index (χ0v) is 13.9. The molecule has 24 heavy (non-hydrogen) atoms. The Balaban J connectivity index is 1.53. The largest absolute Gasteiger partial charge is 0.493 e. The van der Waals surface area contributed by atoms with Crippen LogP contribution in [-0.2, 0) is 24.7 Å². The molecular formula is C18H22N4O2. The number of hydrogen-bond acceptors (Lipinski definition) is 4. The first-order valence-corrected chi connectivity index (χ1v) is 8.44. The number of ether oxygens (including phenoxy) is 1. The number of nitrogens with zero attached hydrogens (tertiary/aromatic N) is 3. The Kier molecular flexibility index (Phi) is 3.98. The summed E-state index contributed by atoms with van der Waals surface area (Å²) in [4.78, 5) is 19.3. The Labute approximate surface area is 141 Å². The van der Waals surface area contributed by atoms with Crippen molar-refractivity contribution < 1.29 is 9.53 Å². The van der Waals surface area contributed by atoms with E-state index < -0.39 is 0 Å². The van der Waals surface area contributed by atoms with Crippen molar-refractivity contribution in [3.8, 4) is 5.75 Å². The molecule has 1 aromatic heterocycles. The molecule has 0 saturated carbocycles. The molecule has 1 N–H and O–H groups in total. The summed E-state index contributed by atoms with van der Waals surface area (Å²) in [7, 11) is 1.97. The zero-order chi connectivity index (χ0) is 16.5. The number of aromatic nitrogens is 2. The maximum Gasteiger partial charge on any atom is 0.227 e. The van der Waals surface area contributed by atoms with Gasteiger partial charge in [-0.3, -0.25) is 4.79 Å². The van der Waals surface area contributed by atoms with Crippen molar-refractivity contribution in [1.82, 2.24) is 19.8 Å². The molecule has 126 valence electrons. The van der Waals surface area contributed by atoms with Gasteiger partial charge in [-0.25, -0.2) is 4.98 Å². The van der Waals surface area contributed by atoms with Gasteiger partial charge in [-0.05, 0) is 17.2 Å². The van der Waals surface area contributed by atoms with E-state index in [1.807, 2.05) is 34.8 Å². The van der Waals surface area contributed by atoms with Crippen LogP contribution in [0, 0.1) is 0 Å². The molecule has 4 rings (SSSR count). The van der Waals surface area contributed by atoms with E-state index in [0.29, 0.717) is 13.0 Å². The lowest BCUT2D eigenvalue weighted by molar-refractivity contribution is -0.134. The molecule has 0 aliphatic carbocycles. The van der Waals surface area contributed by atoms with Gasteiger partial charge in [-0.1, -0.05) is 12.1 Å². The van der Waals surface area contributed by atoms with Gasteiger partial charge in [0.05, 0.1) is 13.0 Å². The fourth-order valence-corrected chi connectivity index (χ4v) is 3.56. The van der Waals surface area contributed by atoms with Gasteiger partial charge in [0.1, 0.15) is 17.6 Å². The lowest BCUT2D eigenvalue weighted by atomic mass is 10.0. The molecule has 1 aromatic carbocycles. The number of imidazole rings is 1. The third kappa shape index (κ3) is 2.78. The smallest absolute Gasteiger partial charge is 0.227 e. The van der Waals surface area contributed by atoms with Gasteiger partial charge in [0.2, 0.25) is 5.91 Å². The number of nitrogens with one attached hydrogen (secondary N) is 1. The third-order valence-electron chi connectivity index (χ3n) is 4.83. The monoisotopic (exact) mass is 326 g/mol. The number of piperazine rings is 1. The Morgan fingerprint density at radius 3 is 3.21 bits per heavy atom. The number of carbonyl (C=O) groups excluding carboxylic acids is 1. The minimum atomic E-state index is -0.0102. The lowest BCUT2D eigenvalue weighted by Crippen LogP contribution is -2.49. The predicted octanol–water partition coefficient (Wildman–Crippen LogP) is 1.07. The van der Waals surface area contributed by atoms with Crippen molar-refractivity contribution >= 4 is 5.91 Å². The van der Waals surface area contributed by atoms with Gasteiger partial charge in [-0.15, -0.1) is 0 Å². The number of fused-ring (bicyclic) bond motifs is 1. The van der Waals surface area contributed by atoms with Crippen LogP contribution in [-0.4, -0.2) is 46.6 Å². The van der Waals surface area contributed by atoms with E-state index in [1.54, 1.807) is 6.20 Å². The Hall–Kier alpha value is -2.34. The van der Waals surface area contributed by atoms with Crippen LogP contribution < -0.4 is 10.1 Å². The average molecular weight is 326 g/mol. The van der Waals surface area contributed by atoms with E-state index in [-0.39, 0.29) is 11.9 Å². The van der Waals surface area contributed by atoms with E-state index >= 15 is 0 Å². The standard InChI is InChI=1S/C18H22N4O2/c1-21-7-6-20-18(21)15-12-19-5-8-22(15)17(23)11-13-2-3-16-14(10-13)4-9-24-16/h2-3,6-7,10,15,19H,4-5,8-9,11-12H2,1H3. The average Bonchev–Trinajstić information content (AvgIpc) is 3.23. The second-order valence-electron chi connectivity index (χ2n) is 6.42. The fraction of sp³-hybridized carbons (Fsp3) is 0.444. The third-order valence-corrected chi connectivity index (χ3v) is 4.83. The fourth-order valence-electron chi connectivity index (χ4n) is 3.56. The Morgan fingerprint density at radius 2 is 2.38 bits per heavy atom. The topological polar surface area (TPSA) is 59.4 Å². The molecule has 1 saturated heterocycles. The van der Waals surface area contributed by atoms with Crippen molar-refractivity contribution in [2.75, 3.05) is 26.2 Å². The van der Waals surface area contributed by atoms with Crippen molar-refractivity contribution in [2.45, 2.75) is 18.9 Å². The van der Waals surface area contributed by atoms with Crippen LogP contribution in [0.25, 0.3) is 0 Å². The number of aryl methyl sites for hydroxylation is 1. The van der Waals surface area contributed by atoms with Gasteiger partial charge in [-0.2, -0.15) is 0 Å². The summed E-state index contributed by atoms with van der Waals surface area (Å²) in [5.41, 5.74) is 2.27. The molecule has 2 aromatic rings. The molecule has 3 heterocycles. The molecule has 2 aliphatic heterocycles. The number of hydrogen-bond donors (Lipinski definition) is 1. The molecule has 0 bridgehead atoms. The number of rotatable bonds is 3. The molecule has 6 heteroatoms. The summed E-state index contributed by atoms with van der Waals surface area (Å²) < 4.78 is 7.53. The lowest BCUT2D eigenvalue weighted by Gasteiger charge is -2.36. The first-order valence-electron chi connectivity index (χ1n) is 8.44. The highest BCUT2D eigenvalue weighted by molar-refractivity contribution is 5.79. The van der Waals surface area contributed by atoms with Crippen molar-refractivity contribution in [1.29, 1.82) is 0 Å². The molecular weight excluding hydrogens is 304 g/mol. The highest BCUT2D eigenvalue weighted by atomic mass is 16.5. The summed E-state index contributed by atoms with van der Waals surface area (Å²) in [6.07, 6.45) is 5.06. The van der Waals surface area contributed by atoms with Gasteiger partial charge in [0, 0.05) is 45.5 Å². The van der Waals surface area contributed by atoms with Gasteiger partial charge < -0.3 is 19.5 Å². The minimum absolute atomic E-state index is 0.0102. The van der Waals surface area contributed by atoms with Crippen LogP contribution in [0.15, 0.2) is 30.6 Å². The summed E-state index contributed by atoms with van der Waals surface area (Å²) >= 11 is 0. The van der Waals surface area contributed by atoms with E-state index in [9.17, 15) is 4.79 Å². The molecule has 1 atom stereocenters. The van der Waals surface area contributed by atoms with Crippen LogP contribution in [0.2, 0.25) is 0 Å². The van der Waals surface area contributed by atoms with E-state index in [0.717, 1.165) is 43.3 Å². The van der Waals surface area contributed by atoms with Crippen molar-refractivity contribution in [3.63, 3.8) is 0 Å².